The largest absolute Gasteiger partial charge is 0.493 e. The summed E-state index contributed by atoms with van der Waals surface area (Å²) in [6, 6.07) is 6.20. The van der Waals surface area contributed by atoms with Crippen LogP contribution < -0.4 is 9.47 Å². The molecule has 1 aliphatic rings. The highest BCUT2D eigenvalue weighted by Gasteiger charge is 2.20. The first-order valence-corrected chi connectivity index (χ1v) is 5.54. The fourth-order valence-electron chi connectivity index (χ4n) is 1.81. The molecule has 2 heteroatoms. The van der Waals surface area contributed by atoms with Crippen molar-refractivity contribution in [1.29, 1.82) is 0 Å². The van der Waals surface area contributed by atoms with E-state index in [0.29, 0.717) is 0 Å². The fraction of sp³-hybridized carbons (Fsp3) is 0.538. The van der Waals surface area contributed by atoms with E-state index in [-0.39, 0.29) is 0 Å². The Morgan fingerprint density at radius 3 is 2.47 bits per heavy atom. The Hall–Kier alpha value is -1.18. The second-order valence-electron chi connectivity index (χ2n) is 4.17. The lowest BCUT2D eigenvalue weighted by molar-refractivity contribution is 0.354. The number of methoxy groups -OCH3 is 2. The van der Waals surface area contributed by atoms with Crippen LogP contribution >= 0.6 is 0 Å². The van der Waals surface area contributed by atoms with Crippen LogP contribution in [-0.2, 0) is 6.42 Å². The fourth-order valence-corrected chi connectivity index (χ4v) is 1.81. The van der Waals surface area contributed by atoms with Crippen molar-refractivity contribution in [3.63, 3.8) is 0 Å². The number of benzene rings is 1. The average molecular weight is 206 g/mol. The van der Waals surface area contributed by atoms with Crippen LogP contribution in [-0.4, -0.2) is 14.2 Å². The molecular weight excluding hydrogens is 188 g/mol. The van der Waals surface area contributed by atoms with E-state index in [1.807, 2.05) is 6.07 Å². The lowest BCUT2D eigenvalue weighted by Gasteiger charge is -2.09. The summed E-state index contributed by atoms with van der Waals surface area (Å²) in [5, 5.41) is 0. The van der Waals surface area contributed by atoms with Crippen molar-refractivity contribution in [2.24, 2.45) is 5.92 Å². The number of ether oxygens (including phenoxy) is 2. The van der Waals surface area contributed by atoms with Crippen molar-refractivity contribution in [2.45, 2.75) is 25.7 Å². The predicted molar refractivity (Wildman–Crippen MR) is 60.6 cm³/mol. The molecule has 0 aliphatic heterocycles. The maximum absolute atomic E-state index is 5.27. The summed E-state index contributed by atoms with van der Waals surface area (Å²) in [5.74, 6) is 2.64. The number of aryl methyl sites for hydroxylation is 1. The van der Waals surface area contributed by atoms with Crippen molar-refractivity contribution >= 4 is 0 Å². The molecule has 2 rings (SSSR count). The minimum absolute atomic E-state index is 0.813. The van der Waals surface area contributed by atoms with Gasteiger partial charge in [-0.2, -0.15) is 0 Å². The van der Waals surface area contributed by atoms with Crippen LogP contribution in [0.5, 0.6) is 11.5 Å². The zero-order valence-corrected chi connectivity index (χ0v) is 9.45. The first kappa shape index (κ1) is 10.3. The Kier molecular flexibility index (Phi) is 3.14. The minimum Gasteiger partial charge on any atom is -0.493 e. The van der Waals surface area contributed by atoms with Crippen LogP contribution in [0.15, 0.2) is 18.2 Å². The topological polar surface area (TPSA) is 18.5 Å². The summed E-state index contributed by atoms with van der Waals surface area (Å²) in [7, 11) is 3.35. The van der Waals surface area contributed by atoms with Crippen LogP contribution in [0.4, 0.5) is 0 Å². The van der Waals surface area contributed by atoms with Crippen molar-refractivity contribution < 1.29 is 9.47 Å². The summed E-state index contributed by atoms with van der Waals surface area (Å²) in [6.45, 7) is 0. The standard InChI is InChI=1S/C13H18O2/c1-14-12-8-7-11(9-13(12)15-2)6-5-10-3-4-10/h7-10H,3-6H2,1-2H3. The van der Waals surface area contributed by atoms with Gasteiger partial charge in [-0.25, -0.2) is 0 Å². The van der Waals surface area contributed by atoms with Gasteiger partial charge in [0.2, 0.25) is 0 Å². The molecule has 0 saturated heterocycles. The smallest absolute Gasteiger partial charge is 0.160 e. The molecule has 0 atom stereocenters. The van der Waals surface area contributed by atoms with Crippen molar-refractivity contribution in [1.82, 2.24) is 0 Å². The number of hydrogen-bond donors (Lipinski definition) is 0. The molecule has 0 unspecified atom stereocenters. The van der Waals surface area contributed by atoms with Crippen LogP contribution in [0.2, 0.25) is 0 Å². The van der Waals surface area contributed by atoms with Gasteiger partial charge >= 0.3 is 0 Å². The normalized spacial score (nSPS) is 15.1. The first-order chi connectivity index (χ1) is 7.33. The van der Waals surface area contributed by atoms with Gasteiger partial charge in [0.1, 0.15) is 0 Å². The highest BCUT2D eigenvalue weighted by Crippen LogP contribution is 2.34. The Morgan fingerprint density at radius 1 is 1.13 bits per heavy atom. The van der Waals surface area contributed by atoms with E-state index < -0.39 is 0 Å². The summed E-state index contributed by atoms with van der Waals surface area (Å²) in [6.07, 6.45) is 5.32. The van der Waals surface area contributed by atoms with E-state index in [4.69, 9.17) is 9.47 Å². The van der Waals surface area contributed by atoms with Gasteiger partial charge in [-0.1, -0.05) is 18.9 Å². The Balaban J connectivity index is 2.03. The SMILES string of the molecule is COc1ccc(CCC2CC2)cc1OC. The molecule has 1 aliphatic carbocycles. The number of hydrogen-bond acceptors (Lipinski definition) is 2. The minimum atomic E-state index is 0.813. The van der Waals surface area contributed by atoms with E-state index in [1.54, 1.807) is 14.2 Å². The maximum Gasteiger partial charge on any atom is 0.160 e. The molecule has 0 N–H and O–H groups in total. The van der Waals surface area contributed by atoms with E-state index in [1.165, 1.54) is 24.8 Å². The Morgan fingerprint density at radius 2 is 1.87 bits per heavy atom. The van der Waals surface area contributed by atoms with Gasteiger partial charge in [-0.3, -0.25) is 0 Å². The van der Waals surface area contributed by atoms with E-state index in [0.717, 1.165) is 23.8 Å². The second-order valence-corrected chi connectivity index (χ2v) is 4.17. The molecule has 15 heavy (non-hydrogen) atoms. The third kappa shape index (κ3) is 2.65. The van der Waals surface area contributed by atoms with Gasteiger partial charge < -0.3 is 9.47 Å². The van der Waals surface area contributed by atoms with E-state index in [9.17, 15) is 0 Å². The summed E-state index contributed by atoms with van der Waals surface area (Å²) < 4.78 is 10.5. The molecule has 0 amide bonds. The lowest BCUT2D eigenvalue weighted by atomic mass is 10.1. The molecule has 0 radical (unpaired) electrons. The molecule has 2 nitrogen and oxygen atoms in total. The molecule has 1 saturated carbocycles. The molecule has 82 valence electrons. The molecule has 1 fully saturated rings. The number of rotatable bonds is 5. The summed E-state index contributed by atoms with van der Waals surface area (Å²) in [5.41, 5.74) is 1.35. The van der Waals surface area contributed by atoms with Crippen LogP contribution in [0.1, 0.15) is 24.8 Å². The van der Waals surface area contributed by atoms with E-state index >= 15 is 0 Å². The Labute approximate surface area is 91.2 Å². The Bertz CT molecular complexity index is 329. The predicted octanol–water partition coefficient (Wildman–Crippen LogP) is 3.05. The molecule has 0 spiro atoms. The highest BCUT2D eigenvalue weighted by molar-refractivity contribution is 5.42. The highest BCUT2D eigenvalue weighted by atomic mass is 16.5. The van der Waals surface area contributed by atoms with Gasteiger partial charge in [-0.15, -0.1) is 0 Å². The van der Waals surface area contributed by atoms with Gasteiger partial charge in [0.15, 0.2) is 11.5 Å². The quantitative estimate of drug-likeness (QED) is 0.737. The van der Waals surface area contributed by atoms with Gasteiger partial charge in [-0.05, 0) is 36.5 Å². The molecule has 0 aromatic heterocycles. The van der Waals surface area contributed by atoms with Crippen LogP contribution in [0.25, 0.3) is 0 Å². The lowest BCUT2D eigenvalue weighted by Crippen LogP contribution is -1.93. The van der Waals surface area contributed by atoms with Gasteiger partial charge in [0, 0.05) is 0 Å². The molecular formula is C13H18O2. The monoisotopic (exact) mass is 206 g/mol. The molecule has 0 bridgehead atoms. The van der Waals surface area contributed by atoms with Crippen LogP contribution in [0, 0.1) is 5.92 Å². The molecule has 1 aromatic carbocycles. The van der Waals surface area contributed by atoms with E-state index in [2.05, 4.69) is 12.1 Å². The van der Waals surface area contributed by atoms with Gasteiger partial charge in [0.25, 0.3) is 0 Å². The zero-order valence-electron chi connectivity index (χ0n) is 9.45. The summed E-state index contributed by atoms with van der Waals surface area (Å²) in [4.78, 5) is 0. The first-order valence-electron chi connectivity index (χ1n) is 5.54. The average Bonchev–Trinajstić information content (AvgIpc) is 3.09. The zero-order chi connectivity index (χ0) is 10.7. The maximum atomic E-state index is 5.27. The molecule has 0 heterocycles. The van der Waals surface area contributed by atoms with Gasteiger partial charge in [0.05, 0.1) is 14.2 Å². The van der Waals surface area contributed by atoms with Crippen molar-refractivity contribution in [3.8, 4) is 11.5 Å². The van der Waals surface area contributed by atoms with Crippen molar-refractivity contribution in [3.05, 3.63) is 23.8 Å². The third-order valence-electron chi connectivity index (χ3n) is 2.99. The van der Waals surface area contributed by atoms with Crippen LogP contribution in [0.3, 0.4) is 0 Å². The second kappa shape index (κ2) is 4.56. The third-order valence-corrected chi connectivity index (χ3v) is 2.99. The van der Waals surface area contributed by atoms with Crippen molar-refractivity contribution in [2.75, 3.05) is 14.2 Å². The molecule has 1 aromatic rings. The summed E-state index contributed by atoms with van der Waals surface area (Å²) >= 11 is 0.